The molecule has 2 aromatic rings. The zero-order valence-corrected chi connectivity index (χ0v) is 15.6. The molecule has 0 aromatic heterocycles. The van der Waals surface area contributed by atoms with Crippen molar-refractivity contribution in [3.63, 3.8) is 0 Å². The first kappa shape index (κ1) is 19.3. The van der Waals surface area contributed by atoms with Crippen LogP contribution in [0.3, 0.4) is 0 Å². The normalized spacial score (nSPS) is 15.6. The van der Waals surface area contributed by atoms with Crippen LogP contribution in [0.5, 0.6) is 0 Å². The molecule has 0 saturated carbocycles. The molecule has 1 aliphatic heterocycles. The second kappa shape index (κ2) is 8.06. The summed E-state index contributed by atoms with van der Waals surface area (Å²) in [5.41, 5.74) is 0.170. The topological polar surface area (TPSA) is 119 Å². The van der Waals surface area contributed by atoms with Crippen molar-refractivity contribution in [2.75, 3.05) is 0 Å². The SMILES string of the molecule is O=C1/C(=C\c2ccccc2[N+](=O)[O-])SC(=S)N1/N=C/c1ccccc1[N+](=O)[O-]. The van der Waals surface area contributed by atoms with Crippen molar-refractivity contribution in [1.29, 1.82) is 0 Å². The summed E-state index contributed by atoms with van der Waals surface area (Å²) in [4.78, 5) is 33.8. The molecule has 1 heterocycles. The quantitative estimate of drug-likeness (QED) is 0.240. The summed E-state index contributed by atoms with van der Waals surface area (Å²) in [5.74, 6) is -0.567. The lowest BCUT2D eigenvalue weighted by molar-refractivity contribution is -0.385. The van der Waals surface area contributed by atoms with E-state index in [9.17, 15) is 25.0 Å². The number of thioether (sulfide) groups is 1. The number of para-hydroxylation sites is 2. The van der Waals surface area contributed by atoms with Crippen LogP contribution in [0.4, 0.5) is 11.4 Å². The van der Waals surface area contributed by atoms with Crippen molar-refractivity contribution in [3.05, 3.63) is 84.8 Å². The smallest absolute Gasteiger partial charge is 0.266 e. The van der Waals surface area contributed by atoms with Gasteiger partial charge in [0.05, 0.1) is 32.1 Å². The fourth-order valence-corrected chi connectivity index (χ4v) is 3.52. The molecule has 28 heavy (non-hydrogen) atoms. The Morgan fingerprint density at radius 1 is 0.964 bits per heavy atom. The van der Waals surface area contributed by atoms with Gasteiger partial charge in [0.1, 0.15) is 0 Å². The van der Waals surface area contributed by atoms with Gasteiger partial charge in [0.25, 0.3) is 17.3 Å². The third-order valence-corrected chi connectivity index (χ3v) is 4.92. The van der Waals surface area contributed by atoms with Crippen LogP contribution in [0.15, 0.2) is 58.5 Å². The molecule has 1 fully saturated rings. The molecule has 2 aromatic carbocycles. The molecule has 1 amide bonds. The summed E-state index contributed by atoms with van der Waals surface area (Å²) in [6, 6.07) is 11.9. The van der Waals surface area contributed by atoms with Gasteiger partial charge in [0.2, 0.25) is 0 Å². The average molecular weight is 414 g/mol. The molecule has 0 aliphatic carbocycles. The highest BCUT2D eigenvalue weighted by molar-refractivity contribution is 8.26. The van der Waals surface area contributed by atoms with Gasteiger partial charge in [-0.1, -0.05) is 36.0 Å². The lowest BCUT2D eigenvalue weighted by atomic mass is 10.1. The van der Waals surface area contributed by atoms with Gasteiger partial charge in [-0.05, 0) is 30.4 Å². The summed E-state index contributed by atoms with van der Waals surface area (Å²) in [5, 5.41) is 27.1. The van der Waals surface area contributed by atoms with Gasteiger partial charge in [-0.25, -0.2) is 0 Å². The summed E-state index contributed by atoms with van der Waals surface area (Å²) in [6.07, 6.45) is 2.55. The van der Waals surface area contributed by atoms with Crippen LogP contribution in [0.25, 0.3) is 6.08 Å². The van der Waals surface area contributed by atoms with E-state index in [0.717, 1.165) is 16.8 Å². The van der Waals surface area contributed by atoms with Crippen LogP contribution in [0.2, 0.25) is 0 Å². The van der Waals surface area contributed by atoms with Crippen molar-refractivity contribution in [2.24, 2.45) is 5.10 Å². The number of nitro benzene ring substituents is 2. The molecule has 3 rings (SSSR count). The Labute approximate surface area is 167 Å². The minimum Gasteiger partial charge on any atom is -0.266 e. The predicted molar refractivity (Wildman–Crippen MR) is 109 cm³/mol. The Kier molecular flexibility index (Phi) is 5.57. The van der Waals surface area contributed by atoms with E-state index in [0.29, 0.717) is 0 Å². The number of carbonyl (C=O) groups is 1. The average Bonchev–Trinajstić information content (AvgIpc) is 2.93. The molecule has 0 N–H and O–H groups in total. The van der Waals surface area contributed by atoms with Crippen LogP contribution in [0, 0.1) is 20.2 Å². The minimum atomic E-state index is -0.567. The lowest BCUT2D eigenvalue weighted by Gasteiger charge is -2.06. The highest BCUT2D eigenvalue weighted by Crippen LogP contribution is 2.34. The van der Waals surface area contributed by atoms with Gasteiger partial charge in [-0.2, -0.15) is 10.1 Å². The number of hydrogen-bond donors (Lipinski definition) is 0. The van der Waals surface area contributed by atoms with E-state index >= 15 is 0 Å². The first-order valence-electron chi connectivity index (χ1n) is 7.67. The molecule has 0 unspecified atom stereocenters. The highest BCUT2D eigenvalue weighted by Gasteiger charge is 2.32. The molecular weight excluding hydrogens is 404 g/mol. The fraction of sp³-hybridized carbons (Fsp3) is 0. The Balaban J connectivity index is 1.89. The van der Waals surface area contributed by atoms with E-state index in [2.05, 4.69) is 5.10 Å². The first-order valence-corrected chi connectivity index (χ1v) is 8.89. The molecule has 0 bridgehead atoms. The summed E-state index contributed by atoms with van der Waals surface area (Å²) >= 11 is 6.08. The van der Waals surface area contributed by atoms with Gasteiger partial charge in [-0.3, -0.25) is 25.0 Å². The first-order chi connectivity index (χ1) is 13.4. The van der Waals surface area contributed by atoms with Crippen molar-refractivity contribution < 1.29 is 14.6 Å². The Morgan fingerprint density at radius 3 is 2.11 bits per heavy atom. The molecule has 140 valence electrons. The van der Waals surface area contributed by atoms with Crippen LogP contribution in [0.1, 0.15) is 11.1 Å². The summed E-state index contributed by atoms with van der Waals surface area (Å²) < 4.78 is 0.115. The fourth-order valence-electron chi connectivity index (χ4n) is 2.36. The summed E-state index contributed by atoms with van der Waals surface area (Å²) in [6.45, 7) is 0. The predicted octanol–water partition coefficient (Wildman–Crippen LogP) is 3.74. The second-order valence-electron chi connectivity index (χ2n) is 5.37. The standard InChI is InChI=1S/C17H10N4O5S2/c22-16-15(9-11-5-1-3-7-13(11)20(23)24)28-17(27)19(16)18-10-12-6-2-4-8-14(12)21(25)26/h1-10H/b15-9+,18-10+. The largest absolute Gasteiger partial charge is 0.286 e. The van der Waals surface area contributed by atoms with Crippen LogP contribution in [-0.2, 0) is 4.79 Å². The lowest BCUT2D eigenvalue weighted by Crippen LogP contribution is -2.22. The van der Waals surface area contributed by atoms with Crippen molar-refractivity contribution in [3.8, 4) is 0 Å². The third-order valence-electron chi connectivity index (χ3n) is 3.64. The molecule has 1 aliphatic rings. The van der Waals surface area contributed by atoms with Crippen molar-refractivity contribution in [1.82, 2.24) is 5.01 Å². The minimum absolute atomic E-state index is 0.115. The van der Waals surface area contributed by atoms with E-state index in [1.807, 2.05) is 0 Å². The zero-order chi connectivity index (χ0) is 20.3. The molecular formula is C17H10N4O5S2. The van der Waals surface area contributed by atoms with E-state index in [4.69, 9.17) is 12.2 Å². The molecule has 0 spiro atoms. The zero-order valence-electron chi connectivity index (χ0n) is 13.9. The highest BCUT2D eigenvalue weighted by atomic mass is 32.2. The summed E-state index contributed by atoms with van der Waals surface area (Å²) in [7, 11) is 0. The maximum Gasteiger partial charge on any atom is 0.286 e. The van der Waals surface area contributed by atoms with Gasteiger partial charge in [0, 0.05) is 12.1 Å². The molecule has 0 radical (unpaired) electrons. The molecule has 9 nitrogen and oxygen atoms in total. The van der Waals surface area contributed by atoms with Gasteiger partial charge in [-0.15, -0.1) is 0 Å². The number of thiocarbonyl (C=S) groups is 1. The Bertz CT molecular complexity index is 1070. The van der Waals surface area contributed by atoms with Gasteiger partial charge >= 0.3 is 0 Å². The number of carbonyl (C=O) groups excluding carboxylic acids is 1. The van der Waals surface area contributed by atoms with Crippen molar-refractivity contribution in [2.45, 2.75) is 0 Å². The number of nitro groups is 2. The molecule has 1 saturated heterocycles. The van der Waals surface area contributed by atoms with Crippen molar-refractivity contribution >= 4 is 57.9 Å². The number of rotatable bonds is 5. The third kappa shape index (κ3) is 3.94. The van der Waals surface area contributed by atoms with E-state index in [1.54, 1.807) is 12.1 Å². The van der Waals surface area contributed by atoms with E-state index in [1.165, 1.54) is 48.7 Å². The van der Waals surface area contributed by atoms with Crippen LogP contribution < -0.4 is 0 Å². The Hall–Kier alpha value is -3.44. The van der Waals surface area contributed by atoms with Crippen LogP contribution in [-0.4, -0.2) is 31.3 Å². The number of hydrogen-bond acceptors (Lipinski definition) is 8. The van der Waals surface area contributed by atoms with E-state index in [-0.39, 0.29) is 31.7 Å². The number of benzene rings is 2. The maximum absolute atomic E-state index is 12.6. The number of hydrazone groups is 1. The Morgan fingerprint density at radius 2 is 1.50 bits per heavy atom. The monoisotopic (exact) mass is 414 g/mol. The second-order valence-corrected chi connectivity index (χ2v) is 7.05. The molecule has 11 heteroatoms. The van der Waals surface area contributed by atoms with Gasteiger partial charge < -0.3 is 0 Å². The number of nitrogens with zero attached hydrogens (tertiary/aromatic N) is 4. The molecule has 0 atom stereocenters. The number of amides is 1. The van der Waals surface area contributed by atoms with Gasteiger partial charge in [0.15, 0.2) is 4.32 Å². The van der Waals surface area contributed by atoms with E-state index < -0.39 is 15.8 Å². The van der Waals surface area contributed by atoms with Crippen LogP contribution >= 0.6 is 24.0 Å². The maximum atomic E-state index is 12.6.